The maximum Gasteiger partial charge on any atom is 0.260 e. The molecular weight excluding hydrogens is 296 g/mol. The molecule has 23 heavy (non-hydrogen) atoms. The molecular formula is C17H16N2O4. The lowest BCUT2D eigenvalue weighted by Crippen LogP contribution is -2.00. The highest BCUT2D eigenvalue weighted by Crippen LogP contribution is 2.28. The van der Waals surface area contributed by atoms with E-state index in [4.69, 9.17) is 13.9 Å². The number of carbonyl (C=O) groups excluding carboxylic acids is 1. The maximum absolute atomic E-state index is 10.7. The number of rotatable bonds is 6. The van der Waals surface area contributed by atoms with E-state index in [1.54, 1.807) is 20.3 Å². The van der Waals surface area contributed by atoms with Crippen molar-refractivity contribution in [2.45, 2.75) is 6.54 Å². The molecule has 0 atom stereocenters. The summed E-state index contributed by atoms with van der Waals surface area (Å²) in [7, 11) is 3.22. The van der Waals surface area contributed by atoms with Crippen LogP contribution in [-0.4, -0.2) is 25.5 Å². The third-order valence-electron chi connectivity index (χ3n) is 3.45. The average molecular weight is 312 g/mol. The summed E-state index contributed by atoms with van der Waals surface area (Å²) in [6.45, 7) is 0.615. The molecule has 0 bridgehead atoms. The molecule has 3 aromatic rings. The normalized spacial score (nSPS) is 10.5. The number of anilines is 1. The van der Waals surface area contributed by atoms with Crippen LogP contribution in [0.1, 0.15) is 16.2 Å². The molecule has 6 heteroatoms. The van der Waals surface area contributed by atoms with E-state index >= 15 is 0 Å². The van der Waals surface area contributed by atoms with Crippen LogP contribution in [-0.2, 0) is 6.54 Å². The number of benzene rings is 2. The van der Waals surface area contributed by atoms with Crippen LogP contribution in [0, 0.1) is 0 Å². The Morgan fingerprint density at radius 2 is 1.96 bits per heavy atom. The van der Waals surface area contributed by atoms with Gasteiger partial charge in [-0.3, -0.25) is 4.79 Å². The number of aldehydes is 1. The maximum atomic E-state index is 10.7. The minimum absolute atomic E-state index is 0.0806. The van der Waals surface area contributed by atoms with Gasteiger partial charge >= 0.3 is 0 Å². The Labute approximate surface area is 133 Å². The lowest BCUT2D eigenvalue weighted by atomic mass is 10.2. The van der Waals surface area contributed by atoms with Crippen molar-refractivity contribution in [3.05, 3.63) is 47.9 Å². The molecule has 0 aliphatic rings. The van der Waals surface area contributed by atoms with Crippen LogP contribution in [0.5, 0.6) is 11.5 Å². The van der Waals surface area contributed by atoms with Crippen LogP contribution in [0.4, 0.5) is 5.69 Å². The van der Waals surface area contributed by atoms with Gasteiger partial charge in [-0.2, -0.15) is 0 Å². The fourth-order valence-electron chi connectivity index (χ4n) is 2.30. The van der Waals surface area contributed by atoms with Gasteiger partial charge in [-0.15, -0.1) is 0 Å². The molecule has 3 rings (SSSR count). The number of fused-ring (bicyclic) bond motifs is 1. The number of aromatic nitrogens is 1. The first kappa shape index (κ1) is 14.9. The zero-order valence-electron chi connectivity index (χ0n) is 12.8. The Morgan fingerprint density at radius 3 is 2.70 bits per heavy atom. The van der Waals surface area contributed by atoms with Gasteiger partial charge in [0.2, 0.25) is 6.29 Å². The molecule has 0 aliphatic heterocycles. The summed E-state index contributed by atoms with van der Waals surface area (Å²) in [5, 5.41) is 3.30. The van der Waals surface area contributed by atoms with E-state index in [2.05, 4.69) is 10.3 Å². The van der Waals surface area contributed by atoms with Crippen molar-refractivity contribution in [2.75, 3.05) is 19.5 Å². The minimum atomic E-state index is 0.0806. The summed E-state index contributed by atoms with van der Waals surface area (Å²) >= 11 is 0. The number of oxazole rings is 1. The van der Waals surface area contributed by atoms with Crippen LogP contribution in [0.25, 0.3) is 11.1 Å². The highest BCUT2D eigenvalue weighted by atomic mass is 16.5. The van der Waals surface area contributed by atoms with Crippen molar-refractivity contribution in [3.63, 3.8) is 0 Å². The standard InChI is InChI=1S/C17H16N2O4/c1-21-15-5-3-11(7-16(15)22-2)9-18-12-4-6-14-13(8-12)19-17(10-20)23-14/h3-8,10,18H,9H2,1-2H3. The Morgan fingerprint density at radius 1 is 1.13 bits per heavy atom. The molecule has 2 aromatic carbocycles. The quantitative estimate of drug-likeness (QED) is 0.704. The van der Waals surface area contributed by atoms with Crippen molar-refractivity contribution in [3.8, 4) is 11.5 Å². The first-order valence-electron chi connectivity index (χ1n) is 7.04. The topological polar surface area (TPSA) is 73.6 Å². The van der Waals surface area contributed by atoms with Crippen LogP contribution < -0.4 is 14.8 Å². The number of carbonyl (C=O) groups is 1. The average Bonchev–Trinajstić information content (AvgIpc) is 3.02. The SMILES string of the molecule is COc1ccc(CNc2ccc3oc(C=O)nc3c2)cc1OC. The van der Waals surface area contributed by atoms with E-state index in [0.29, 0.717) is 35.4 Å². The predicted molar refractivity (Wildman–Crippen MR) is 86.3 cm³/mol. The molecule has 0 unspecified atom stereocenters. The predicted octanol–water partition coefficient (Wildman–Crippen LogP) is 3.27. The van der Waals surface area contributed by atoms with Gasteiger partial charge in [0.1, 0.15) is 5.52 Å². The van der Waals surface area contributed by atoms with Gasteiger partial charge in [0.25, 0.3) is 5.89 Å². The molecule has 0 spiro atoms. The summed E-state index contributed by atoms with van der Waals surface area (Å²) in [4.78, 5) is 14.8. The largest absolute Gasteiger partial charge is 0.493 e. The Bertz CT molecular complexity index is 842. The summed E-state index contributed by atoms with van der Waals surface area (Å²) in [6.07, 6.45) is 0.594. The van der Waals surface area contributed by atoms with Crippen molar-refractivity contribution < 1.29 is 18.7 Å². The van der Waals surface area contributed by atoms with Gasteiger partial charge in [-0.05, 0) is 35.9 Å². The van der Waals surface area contributed by atoms with E-state index < -0.39 is 0 Å². The van der Waals surface area contributed by atoms with E-state index in [1.807, 2.05) is 30.3 Å². The molecule has 1 N–H and O–H groups in total. The van der Waals surface area contributed by atoms with Gasteiger partial charge in [0, 0.05) is 12.2 Å². The highest BCUT2D eigenvalue weighted by Gasteiger charge is 2.07. The Kier molecular flexibility index (Phi) is 4.14. The van der Waals surface area contributed by atoms with Gasteiger partial charge in [-0.25, -0.2) is 4.98 Å². The van der Waals surface area contributed by atoms with E-state index in [1.165, 1.54) is 0 Å². The smallest absolute Gasteiger partial charge is 0.260 e. The van der Waals surface area contributed by atoms with Crippen LogP contribution >= 0.6 is 0 Å². The molecule has 6 nitrogen and oxygen atoms in total. The second-order valence-corrected chi connectivity index (χ2v) is 4.90. The number of hydrogen-bond donors (Lipinski definition) is 1. The molecule has 0 amide bonds. The number of hydrogen-bond acceptors (Lipinski definition) is 6. The second-order valence-electron chi connectivity index (χ2n) is 4.90. The zero-order chi connectivity index (χ0) is 16.2. The van der Waals surface area contributed by atoms with E-state index in [9.17, 15) is 4.79 Å². The molecule has 0 aliphatic carbocycles. The monoisotopic (exact) mass is 312 g/mol. The van der Waals surface area contributed by atoms with Gasteiger partial charge in [-0.1, -0.05) is 6.07 Å². The summed E-state index contributed by atoms with van der Waals surface area (Å²) < 4.78 is 15.8. The summed E-state index contributed by atoms with van der Waals surface area (Å²) in [6, 6.07) is 11.3. The second kappa shape index (κ2) is 6.39. The number of nitrogens with zero attached hydrogens (tertiary/aromatic N) is 1. The summed E-state index contributed by atoms with van der Waals surface area (Å²) in [5.74, 6) is 1.47. The first-order chi connectivity index (χ1) is 11.2. The zero-order valence-corrected chi connectivity index (χ0v) is 12.8. The minimum Gasteiger partial charge on any atom is -0.493 e. The third-order valence-corrected chi connectivity index (χ3v) is 3.45. The van der Waals surface area contributed by atoms with Crippen molar-refractivity contribution in [2.24, 2.45) is 0 Å². The first-order valence-corrected chi connectivity index (χ1v) is 7.04. The molecule has 0 saturated heterocycles. The molecule has 0 saturated carbocycles. The molecule has 1 heterocycles. The van der Waals surface area contributed by atoms with E-state index in [0.717, 1.165) is 11.3 Å². The van der Waals surface area contributed by atoms with Crippen LogP contribution in [0.3, 0.4) is 0 Å². The van der Waals surface area contributed by atoms with Gasteiger partial charge in [0.15, 0.2) is 17.1 Å². The number of nitrogens with one attached hydrogen (secondary N) is 1. The van der Waals surface area contributed by atoms with Crippen molar-refractivity contribution in [1.82, 2.24) is 4.98 Å². The summed E-state index contributed by atoms with van der Waals surface area (Å²) in [5.41, 5.74) is 3.17. The van der Waals surface area contributed by atoms with Crippen LogP contribution in [0.2, 0.25) is 0 Å². The fourth-order valence-corrected chi connectivity index (χ4v) is 2.30. The van der Waals surface area contributed by atoms with Crippen LogP contribution in [0.15, 0.2) is 40.8 Å². The molecule has 1 aromatic heterocycles. The number of methoxy groups -OCH3 is 2. The lowest BCUT2D eigenvalue weighted by molar-refractivity contribution is 0.109. The number of ether oxygens (including phenoxy) is 2. The highest BCUT2D eigenvalue weighted by molar-refractivity contribution is 5.81. The Balaban J connectivity index is 1.76. The molecule has 118 valence electrons. The van der Waals surface area contributed by atoms with Crippen molar-refractivity contribution in [1.29, 1.82) is 0 Å². The Hall–Kier alpha value is -3.02. The van der Waals surface area contributed by atoms with Gasteiger partial charge in [0.05, 0.1) is 14.2 Å². The molecule has 0 fully saturated rings. The van der Waals surface area contributed by atoms with E-state index in [-0.39, 0.29) is 5.89 Å². The fraction of sp³-hybridized carbons (Fsp3) is 0.176. The van der Waals surface area contributed by atoms with Gasteiger partial charge < -0.3 is 19.2 Å². The lowest BCUT2D eigenvalue weighted by Gasteiger charge is -2.11. The molecule has 0 radical (unpaired) electrons. The third kappa shape index (κ3) is 3.11. The van der Waals surface area contributed by atoms with Crippen molar-refractivity contribution >= 4 is 23.1 Å².